The van der Waals surface area contributed by atoms with Gasteiger partial charge in [0, 0.05) is 37.9 Å². The van der Waals surface area contributed by atoms with Gasteiger partial charge in [0.25, 0.3) is 0 Å². The predicted molar refractivity (Wildman–Crippen MR) is 89.3 cm³/mol. The summed E-state index contributed by atoms with van der Waals surface area (Å²) in [5.41, 5.74) is 1.77. The normalized spacial score (nSPS) is 18.0. The summed E-state index contributed by atoms with van der Waals surface area (Å²) in [5.74, 6) is 1.85. The molecule has 24 heavy (non-hydrogen) atoms. The Morgan fingerprint density at radius 1 is 1.42 bits per heavy atom. The molecular formula is C17H25N5O2. The molecule has 130 valence electrons. The summed E-state index contributed by atoms with van der Waals surface area (Å²) in [6.07, 6.45) is 2.33. The molecule has 0 saturated heterocycles. The molecule has 2 aromatic rings. The van der Waals surface area contributed by atoms with E-state index in [2.05, 4.69) is 26.9 Å². The van der Waals surface area contributed by atoms with Crippen molar-refractivity contribution in [3.05, 3.63) is 35.2 Å². The number of nitrogens with one attached hydrogen (secondary N) is 1. The summed E-state index contributed by atoms with van der Waals surface area (Å²) in [7, 11) is 0. The van der Waals surface area contributed by atoms with Crippen LogP contribution in [-0.2, 0) is 24.3 Å². The number of carbonyl (C=O) groups is 1. The van der Waals surface area contributed by atoms with Gasteiger partial charge in [-0.15, -0.1) is 0 Å². The van der Waals surface area contributed by atoms with E-state index in [1.54, 1.807) is 0 Å². The average molecular weight is 331 g/mol. The van der Waals surface area contributed by atoms with E-state index in [-0.39, 0.29) is 18.0 Å². The maximum absolute atomic E-state index is 11.9. The SMILES string of the molecule is Cc1cc(CN2CCn3cc(CC(=O)NC(C)C)nc3[C@H]2C)no1. The maximum atomic E-state index is 11.9. The lowest BCUT2D eigenvalue weighted by Crippen LogP contribution is -2.36. The van der Waals surface area contributed by atoms with Crippen LogP contribution >= 0.6 is 0 Å². The number of aromatic nitrogens is 3. The van der Waals surface area contributed by atoms with Crippen molar-refractivity contribution >= 4 is 5.91 Å². The Kier molecular flexibility index (Phi) is 4.71. The first-order valence-electron chi connectivity index (χ1n) is 8.44. The second kappa shape index (κ2) is 6.76. The highest BCUT2D eigenvalue weighted by atomic mass is 16.5. The van der Waals surface area contributed by atoms with Crippen LogP contribution in [0.3, 0.4) is 0 Å². The molecule has 1 amide bonds. The summed E-state index contributed by atoms with van der Waals surface area (Å²) in [6.45, 7) is 10.5. The second-order valence-corrected chi connectivity index (χ2v) is 6.76. The fourth-order valence-corrected chi connectivity index (χ4v) is 3.13. The van der Waals surface area contributed by atoms with Crippen molar-refractivity contribution in [3.63, 3.8) is 0 Å². The molecule has 1 aliphatic rings. The molecule has 0 bridgehead atoms. The predicted octanol–water partition coefficient (Wildman–Crippen LogP) is 1.82. The van der Waals surface area contributed by atoms with E-state index in [0.717, 1.165) is 42.6 Å². The van der Waals surface area contributed by atoms with Crippen LogP contribution in [-0.4, -0.2) is 38.1 Å². The third-order valence-corrected chi connectivity index (χ3v) is 4.24. The molecule has 1 aliphatic heterocycles. The molecule has 1 N–H and O–H groups in total. The Bertz CT molecular complexity index is 718. The van der Waals surface area contributed by atoms with Crippen LogP contribution in [0.25, 0.3) is 0 Å². The first kappa shape index (κ1) is 16.7. The minimum absolute atomic E-state index is 0.0167. The summed E-state index contributed by atoms with van der Waals surface area (Å²) < 4.78 is 7.31. The number of hydrogen-bond acceptors (Lipinski definition) is 5. The fraction of sp³-hybridized carbons (Fsp3) is 0.588. The van der Waals surface area contributed by atoms with Gasteiger partial charge in [0.1, 0.15) is 11.6 Å². The number of imidazole rings is 1. The Balaban J connectivity index is 1.68. The van der Waals surface area contributed by atoms with Gasteiger partial charge in [-0.05, 0) is 27.7 Å². The van der Waals surface area contributed by atoms with Gasteiger partial charge in [0.15, 0.2) is 0 Å². The van der Waals surface area contributed by atoms with E-state index in [1.165, 1.54) is 0 Å². The summed E-state index contributed by atoms with van der Waals surface area (Å²) in [5, 5.41) is 6.98. The lowest BCUT2D eigenvalue weighted by Gasteiger charge is -2.32. The van der Waals surface area contributed by atoms with Crippen LogP contribution in [0.2, 0.25) is 0 Å². The largest absolute Gasteiger partial charge is 0.361 e. The second-order valence-electron chi connectivity index (χ2n) is 6.76. The highest BCUT2D eigenvalue weighted by Crippen LogP contribution is 2.26. The van der Waals surface area contributed by atoms with Crippen LogP contribution in [0.1, 0.15) is 49.8 Å². The summed E-state index contributed by atoms with van der Waals surface area (Å²) in [6, 6.07) is 2.29. The summed E-state index contributed by atoms with van der Waals surface area (Å²) >= 11 is 0. The van der Waals surface area contributed by atoms with E-state index in [9.17, 15) is 4.79 Å². The van der Waals surface area contributed by atoms with Crippen molar-refractivity contribution in [3.8, 4) is 0 Å². The topological polar surface area (TPSA) is 76.2 Å². The zero-order chi connectivity index (χ0) is 17.3. The van der Waals surface area contributed by atoms with Gasteiger partial charge in [0.05, 0.1) is 23.9 Å². The zero-order valence-electron chi connectivity index (χ0n) is 14.7. The summed E-state index contributed by atoms with van der Waals surface area (Å²) in [4.78, 5) is 19.0. The quantitative estimate of drug-likeness (QED) is 0.904. The minimum atomic E-state index is 0.0167. The molecule has 0 aromatic carbocycles. The van der Waals surface area contributed by atoms with Crippen molar-refractivity contribution < 1.29 is 9.32 Å². The molecule has 1 atom stereocenters. The van der Waals surface area contributed by atoms with Gasteiger partial charge in [-0.25, -0.2) is 4.98 Å². The monoisotopic (exact) mass is 331 g/mol. The van der Waals surface area contributed by atoms with Crippen molar-refractivity contribution in [2.45, 2.75) is 59.3 Å². The van der Waals surface area contributed by atoms with E-state index >= 15 is 0 Å². The number of aryl methyl sites for hydroxylation is 1. The van der Waals surface area contributed by atoms with Gasteiger partial charge in [-0.2, -0.15) is 0 Å². The number of amides is 1. The number of rotatable bonds is 5. The Morgan fingerprint density at radius 3 is 2.88 bits per heavy atom. The van der Waals surface area contributed by atoms with E-state index < -0.39 is 0 Å². The highest BCUT2D eigenvalue weighted by Gasteiger charge is 2.27. The maximum Gasteiger partial charge on any atom is 0.226 e. The molecule has 7 heteroatoms. The lowest BCUT2D eigenvalue weighted by molar-refractivity contribution is -0.120. The number of fused-ring (bicyclic) bond motifs is 1. The third-order valence-electron chi connectivity index (χ3n) is 4.24. The molecule has 7 nitrogen and oxygen atoms in total. The molecular weight excluding hydrogens is 306 g/mol. The van der Waals surface area contributed by atoms with Crippen molar-refractivity contribution in [1.82, 2.24) is 24.9 Å². The Labute approximate surface area is 142 Å². The highest BCUT2D eigenvalue weighted by molar-refractivity contribution is 5.78. The number of nitrogens with zero attached hydrogens (tertiary/aromatic N) is 4. The Morgan fingerprint density at radius 2 is 2.21 bits per heavy atom. The molecule has 2 aromatic heterocycles. The van der Waals surface area contributed by atoms with Crippen molar-refractivity contribution in [2.75, 3.05) is 6.54 Å². The van der Waals surface area contributed by atoms with Crippen LogP contribution in [0.4, 0.5) is 0 Å². The van der Waals surface area contributed by atoms with Gasteiger partial charge in [-0.3, -0.25) is 9.69 Å². The van der Waals surface area contributed by atoms with Crippen LogP contribution in [0, 0.1) is 6.92 Å². The van der Waals surface area contributed by atoms with Gasteiger partial charge in [0.2, 0.25) is 5.91 Å². The molecule has 3 heterocycles. The van der Waals surface area contributed by atoms with Crippen molar-refractivity contribution in [1.29, 1.82) is 0 Å². The molecule has 0 spiro atoms. The van der Waals surface area contributed by atoms with E-state index in [4.69, 9.17) is 9.51 Å². The zero-order valence-corrected chi connectivity index (χ0v) is 14.7. The lowest BCUT2D eigenvalue weighted by atomic mass is 10.2. The van der Waals surface area contributed by atoms with Gasteiger partial charge < -0.3 is 14.4 Å². The fourth-order valence-electron chi connectivity index (χ4n) is 3.13. The standard InChI is InChI=1S/C17H25N5O2/c1-11(2)18-16(23)8-14-9-22-6-5-21(13(4)17(22)19-14)10-15-7-12(3)24-20-15/h7,9,11,13H,5-6,8,10H2,1-4H3,(H,18,23)/t13-/m1/s1. The van der Waals surface area contributed by atoms with Crippen LogP contribution in [0.5, 0.6) is 0 Å². The molecule has 0 radical (unpaired) electrons. The van der Waals surface area contributed by atoms with E-state index in [0.29, 0.717) is 6.42 Å². The molecule has 0 aliphatic carbocycles. The smallest absolute Gasteiger partial charge is 0.226 e. The van der Waals surface area contributed by atoms with Crippen LogP contribution in [0.15, 0.2) is 16.8 Å². The van der Waals surface area contributed by atoms with Gasteiger partial charge >= 0.3 is 0 Å². The minimum Gasteiger partial charge on any atom is -0.361 e. The third kappa shape index (κ3) is 3.67. The van der Waals surface area contributed by atoms with E-state index in [1.807, 2.05) is 33.0 Å². The average Bonchev–Trinajstić information content (AvgIpc) is 3.07. The Hall–Kier alpha value is -2.15. The first-order chi connectivity index (χ1) is 11.4. The molecule has 0 saturated carbocycles. The first-order valence-corrected chi connectivity index (χ1v) is 8.44. The number of carbonyl (C=O) groups excluding carboxylic acids is 1. The van der Waals surface area contributed by atoms with Crippen molar-refractivity contribution in [2.24, 2.45) is 0 Å². The molecule has 0 fully saturated rings. The number of hydrogen-bond donors (Lipinski definition) is 1. The van der Waals surface area contributed by atoms with Gasteiger partial charge in [-0.1, -0.05) is 5.16 Å². The van der Waals surface area contributed by atoms with Crippen LogP contribution < -0.4 is 5.32 Å². The molecule has 0 unspecified atom stereocenters. The molecule has 3 rings (SSSR count).